The van der Waals surface area contributed by atoms with Gasteiger partial charge in [-0.2, -0.15) is 0 Å². The van der Waals surface area contributed by atoms with Crippen LogP contribution in [0.2, 0.25) is 0 Å². The zero-order valence-electron chi connectivity index (χ0n) is 14.6. The number of benzene rings is 4. The highest BCUT2D eigenvalue weighted by atomic mass is 79.9. The summed E-state index contributed by atoms with van der Waals surface area (Å²) in [7, 11) is 0. The van der Waals surface area contributed by atoms with Crippen molar-refractivity contribution in [3.63, 3.8) is 0 Å². The maximum absolute atomic E-state index is 3.64. The van der Waals surface area contributed by atoms with Crippen LogP contribution in [0.4, 0.5) is 0 Å². The summed E-state index contributed by atoms with van der Waals surface area (Å²) in [5, 5.41) is 5.15. The minimum atomic E-state index is 1.10. The van der Waals surface area contributed by atoms with E-state index in [1.54, 1.807) is 0 Å². The van der Waals surface area contributed by atoms with Crippen LogP contribution in [0, 0.1) is 0 Å². The molecule has 6 aromatic rings. The van der Waals surface area contributed by atoms with Gasteiger partial charge in [-0.3, -0.25) is 0 Å². The second-order valence-electron chi connectivity index (χ2n) is 6.94. The predicted octanol–water partition coefficient (Wildman–Crippen LogP) is 8.68. The van der Waals surface area contributed by atoms with Crippen LogP contribution in [0.5, 0.6) is 0 Å². The van der Waals surface area contributed by atoms with Gasteiger partial charge in [-0.05, 0) is 60.7 Å². The third-order valence-corrected chi connectivity index (χ3v) is 7.45. The monoisotopic (exact) mass is 505 g/mol. The molecule has 4 aromatic carbocycles. The number of nitrogens with zero attached hydrogens (tertiary/aromatic N) is 1. The first-order valence-corrected chi connectivity index (χ1v) is 11.4. The molecule has 28 heavy (non-hydrogen) atoms. The summed E-state index contributed by atoms with van der Waals surface area (Å²) in [6, 6.07) is 28.5. The van der Waals surface area contributed by atoms with Gasteiger partial charge in [-0.25, -0.2) is 0 Å². The third kappa shape index (κ3) is 2.41. The molecule has 6 rings (SSSR count). The number of aromatic nitrogens is 1. The SMILES string of the molecule is Brc1ccc2c(c1)c1cc(Br)ccc1n2-c1ccc2sc3ccccc3c2c1. The normalized spacial score (nSPS) is 11.9. The fourth-order valence-corrected chi connectivity index (χ4v) is 5.91. The summed E-state index contributed by atoms with van der Waals surface area (Å²) in [5.41, 5.74) is 3.63. The number of hydrogen-bond donors (Lipinski definition) is 0. The van der Waals surface area contributed by atoms with Crippen LogP contribution in [0.1, 0.15) is 0 Å². The molecule has 2 heterocycles. The molecule has 0 aliphatic carbocycles. The van der Waals surface area contributed by atoms with Crippen LogP contribution in [0.3, 0.4) is 0 Å². The van der Waals surface area contributed by atoms with E-state index in [0.29, 0.717) is 0 Å². The fourth-order valence-electron chi connectivity index (χ4n) is 4.10. The smallest absolute Gasteiger partial charge is 0.0541 e. The molecule has 4 heteroatoms. The summed E-state index contributed by atoms with van der Waals surface area (Å²) < 4.78 is 7.23. The molecule has 0 bridgehead atoms. The van der Waals surface area contributed by atoms with Crippen LogP contribution in [-0.2, 0) is 0 Å². The molecule has 0 N–H and O–H groups in total. The summed E-state index contributed by atoms with van der Waals surface area (Å²) in [6.07, 6.45) is 0. The topological polar surface area (TPSA) is 4.93 Å². The van der Waals surface area contributed by atoms with E-state index in [1.165, 1.54) is 47.7 Å². The summed E-state index contributed by atoms with van der Waals surface area (Å²) >= 11 is 9.13. The molecule has 0 atom stereocenters. The Morgan fingerprint density at radius 3 is 1.93 bits per heavy atom. The second-order valence-corrected chi connectivity index (χ2v) is 9.85. The van der Waals surface area contributed by atoms with Crippen LogP contribution in [0.25, 0.3) is 47.7 Å². The Bertz CT molecular complexity index is 1480. The van der Waals surface area contributed by atoms with Crippen LogP contribution in [-0.4, -0.2) is 4.57 Å². The van der Waals surface area contributed by atoms with Gasteiger partial charge in [0.25, 0.3) is 0 Å². The summed E-state index contributed by atoms with van der Waals surface area (Å²) in [6.45, 7) is 0. The lowest BCUT2D eigenvalue weighted by molar-refractivity contribution is 1.19. The number of hydrogen-bond acceptors (Lipinski definition) is 1. The van der Waals surface area contributed by atoms with Crippen LogP contribution < -0.4 is 0 Å². The molecule has 0 saturated carbocycles. The molecule has 0 spiro atoms. The van der Waals surface area contributed by atoms with Gasteiger partial charge in [0.2, 0.25) is 0 Å². The Labute approximate surface area is 182 Å². The molecule has 0 radical (unpaired) electrons. The molecular formula is C24H13Br2NS. The zero-order valence-corrected chi connectivity index (χ0v) is 18.6. The summed E-state index contributed by atoms with van der Waals surface area (Å²) in [5.74, 6) is 0. The number of fused-ring (bicyclic) bond motifs is 6. The molecule has 134 valence electrons. The standard InChI is InChI=1S/C24H13Br2NS/c25-14-5-8-21-18(11-14)19-12-15(26)6-9-22(19)27(21)16-7-10-24-20(13-16)17-3-1-2-4-23(17)28-24/h1-13H. The Balaban J connectivity index is 1.75. The van der Waals surface area contributed by atoms with Crippen molar-refractivity contribution < 1.29 is 0 Å². The Morgan fingerprint density at radius 2 is 1.21 bits per heavy atom. The first kappa shape index (κ1) is 16.8. The van der Waals surface area contributed by atoms with Gasteiger partial charge in [-0.1, -0.05) is 50.1 Å². The van der Waals surface area contributed by atoms with Crippen molar-refractivity contribution in [2.75, 3.05) is 0 Å². The van der Waals surface area contributed by atoms with E-state index in [2.05, 4.69) is 115 Å². The Hall–Kier alpha value is -2.14. The van der Waals surface area contributed by atoms with Crippen LogP contribution in [0.15, 0.2) is 87.8 Å². The lowest BCUT2D eigenvalue weighted by atomic mass is 10.1. The lowest BCUT2D eigenvalue weighted by Crippen LogP contribution is -1.93. The molecular weight excluding hydrogens is 494 g/mol. The Morgan fingerprint density at radius 1 is 0.571 bits per heavy atom. The fraction of sp³-hybridized carbons (Fsp3) is 0. The maximum Gasteiger partial charge on any atom is 0.0541 e. The predicted molar refractivity (Wildman–Crippen MR) is 129 cm³/mol. The number of thiophene rings is 1. The van der Waals surface area contributed by atoms with Crippen molar-refractivity contribution in [2.45, 2.75) is 0 Å². The Kier molecular flexibility index (Phi) is 3.70. The second kappa shape index (κ2) is 6.18. The number of halogens is 2. The van der Waals surface area contributed by atoms with E-state index in [-0.39, 0.29) is 0 Å². The average Bonchev–Trinajstić information content (AvgIpc) is 3.22. The molecule has 0 aliphatic rings. The van der Waals surface area contributed by atoms with Crippen molar-refractivity contribution in [1.29, 1.82) is 0 Å². The lowest BCUT2D eigenvalue weighted by Gasteiger charge is -2.08. The molecule has 0 aliphatic heterocycles. The molecule has 1 nitrogen and oxygen atoms in total. The van der Waals surface area contributed by atoms with Crippen molar-refractivity contribution in [2.24, 2.45) is 0 Å². The highest BCUT2D eigenvalue weighted by molar-refractivity contribution is 9.10. The summed E-state index contributed by atoms with van der Waals surface area (Å²) in [4.78, 5) is 0. The van der Waals surface area contributed by atoms with Crippen LogP contribution >= 0.6 is 43.2 Å². The maximum atomic E-state index is 3.64. The molecule has 0 fully saturated rings. The van der Waals surface area contributed by atoms with Gasteiger partial charge < -0.3 is 4.57 Å². The van der Waals surface area contributed by atoms with Crippen molar-refractivity contribution >= 4 is 85.2 Å². The van der Waals surface area contributed by atoms with E-state index in [4.69, 9.17) is 0 Å². The van der Waals surface area contributed by atoms with Crippen molar-refractivity contribution in [3.8, 4) is 5.69 Å². The van der Waals surface area contributed by atoms with E-state index >= 15 is 0 Å². The van der Waals surface area contributed by atoms with Gasteiger partial charge in [0.15, 0.2) is 0 Å². The van der Waals surface area contributed by atoms with E-state index in [1.807, 2.05) is 11.3 Å². The largest absolute Gasteiger partial charge is 0.309 e. The first-order chi connectivity index (χ1) is 13.7. The molecule has 0 unspecified atom stereocenters. The third-order valence-electron chi connectivity index (χ3n) is 5.31. The highest BCUT2D eigenvalue weighted by Gasteiger charge is 2.14. The van der Waals surface area contributed by atoms with Gasteiger partial charge in [0.1, 0.15) is 0 Å². The van der Waals surface area contributed by atoms with Gasteiger partial charge in [0, 0.05) is 45.6 Å². The minimum Gasteiger partial charge on any atom is -0.309 e. The zero-order chi connectivity index (χ0) is 18.8. The first-order valence-electron chi connectivity index (χ1n) is 9.00. The molecule has 0 amide bonds. The molecule has 2 aromatic heterocycles. The highest BCUT2D eigenvalue weighted by Crippen LogP contribution is 2.38. The van der Waals surface area contributed by atoms with Gasteiger partial charge in [-0.15, -0.1) is 11.3 Å². The van der Waals surface area contributed by atoms with Gasteiger partial charge >= 0.3 is 0 Å². The van der Waals surface area contributed by atoms with Gasteiger partial charge in [0.05, 0.1) is 11.0 Å². The average molecular weight is 507 g/mol. The van der Waals surface area contributed by atoms with Crippen molar-refractivity contribution in [3.05, 3.63) is 87.8 Å². The van der Waals surface area contributed by atoms with E-state index < -0.39 is 0 Å². The number of rotatable bonds is 1. The molecule has 0 saturated heterocycles. The van der Waals surface area contributed by atoms with E-state index in [0.717, 1.165) is 8.95 Å². The van der Waals surface area contributed by atoms with E-state index in [9.17, 15) is 0 Å². The minimum absolute atomic E-state index is 1.10. The quantitative estimate of drug-likeness (QED) is 0.210. The van der Waals surface area contributed by atoms with Crippen molar-refractivity contribution in [1.82, 2.24) is 4.57 Å².